The fraction of sp³-hybridized carbons (Fsp3) is 0.667. The molecule has 14 heavy (non-hydrogen) atoms. The van der Waals surface area contributed by atoms with Gasteiger partial charge in [0.05, 0.1) is 19.4 Å². The molecular weight excluding hydrogens is 184 g/mol. The quantitative estimate of drug-likeness (QED) is 0.730. The van der Waals surface area contributed by atoms with Crippen LogP contribution in [0.1, 0.15) is 25.1 Å². The smallest absolute Gasteiger partial charge is 0.162 e. The predicted octanol–water partition coefficient (Wildman–Crippen LogP) is 0.233. The van der Waals surface area contributed by atoms with Crippen LogP contribution in [0.15, 0.2) is 6.20 Å². The van der Waals surface area contributed by atoms with Gasteiger partial charge in [0, 0.05) is 7.05 Å². The molecule has 0 bridgehead atoms. The Balaban J connectivity index is 2.97. The van der Waals surface area contributed by atoms with Crippen molar-refractivity contribution in [2.75, 3.05) is 7.11 Å². The van der Waals surface area contributed by atoms with E-state index in [1.165, 1.54) is 18.0 Å². The molecule has 1 heterocycles. The first-order valence-electron chi connectivity index (χ1n) is 4.53. The Kier molecular flexibility index (Phi) is 3.49. The number of methoxy groups -OCH3 is 1. The van der Waals surface area contributed by atoms with E-state index in [-0.39, 0.29) is 0 Å². The molecule has 0 radical (unpaired) electrons. The molecule has 0 fully saturated rings. The van der Waals surface area contributed by atoms with Crippen LogP contribution in [0.25, 0.3) is 0 Å². The Bertz CT molecular complexity index is 298. The van der Waals surface area contributed by atoms with Crippen molar-refractivity contribution in [2.24, 2.45) is 7.05 Å². The molecule has 0 amide bonds. The molecule has 1 rings (SSSR count). The van der Waals surface area contributed by atoms with E-state index >= 15 is 0 Å². The maximum atomic E-state index is 9.78. The zero-order valence-electron chi connectivity index (χ0n) is 8.64. The lowest BCUT2D eigenvalue weighted by molar-refractivity contribution is 0.0104. The van der Waals surface area contributed by atoms with E-state index in [2.05, 4.69) is 5.10 Å². The summed E-state index contributed by atoms with van der Waals surface area (Å²) in [5.41, 5.74) is 0.502. The number of aryl methyl sites for hydroxylation is 1. The third kappa shape index (κ3) is 1.88. The minimum Gasteiger partial charge on any atom is -0.493 e. The number of nitrogens with zero attached hydrogens (tertiary/aromatic N) is 2. The lowest BCUT2D eigenvalue weighted by Crippen LogP contribution is -2.20. The second-order valence-electron chi connectivity index (χ2n) is 3.14. The van der Waals surface area contributed by atoms with E-state index in [1.807, 2.05) is 0 Å². The van der Waals surface area contributed by atoms with Crippen molar-refractivity contribution in [3.8, 4) is 5.75 Å². The average molecular weight is 200 g/mol. The van der Waals surface area contributed by atoms with Crippen LogP contribution in [0.4, 0.5) is 0 Å². The number of rotatable bonds is 4. The summed E-state index contributed by atoms with van der Waals surface area (Å²) in [6, 6.07) is 0. The van der Waals surface area contributed by atoms with Crippen molar-refractivity contribution in [3.63, 3.8) is 0 Å². The van der Waals surface area contributed by atoms with E-state index in [4.69, 9.17) is 4.74 Å². The molecule has 2 N–H and O–H groups in total. The van der Waals surface area contributed by atoms with Gasteiger partial charge in [-0.1, -0.05) is 6.92 Å². The number of aliphatic hydroxyl groups excluding tert-OH is 2. The number of hydrogen-bond acceptors (Lipinski definition) is 4. The number of aliphatic hydroxyl groups is 2. The molecule has 0 aliphatic rings. The van der Waals surface area contributed by atoms with Gasteiger partial charge < -0.3 is 14.9 Å². The Morgan fingerprint density at radius 3 is 2.71 bits per heavy atom. The van der Waals surface area contributed by atoms with Gasteiger partial charge in [0.25, 0.3) is 0 Å². The molecule has 1 aromatic heterocycles. The molecule has 5 heteroatoms. The molecule has 0 aromatic carbocycles. The predicted molar refractivity (Wildman–Crippen MR) is 51.0 cm³/mol. The Hall–Kier alpha value is -1.07. The largest absolute Gasteiger partial charge is 0.493 e. The number of aromatic nitrogens is 2. The van der Waals surface area contributed by atoms with Gasteiger partial charge in [0.15, 0.2) is 5.75 Å². The Morgan fingerprint density at radius 1 is 1.57 bits per heavy atom. The second-order valence-corrected chi connectivity index (χ2v) is 3.14. The first-order chi connectivity index (χ1) is 6.61. The van der Waals surface area contributed by atoms with E-state index in [0.29, 0.717) is 17.9 Å². The van der Waals surface area contributed by atoms with E-state index in [1.54, 1.807) is 14.0 Å². The molecule has 0 saturated heterocycles. The summed E-state index contributed by atoms with van der Waals surface area (Å²) in [5, 5.41) is 23.2. The lowest BCUT2D eigenvalue weighted by Gasteiger charge is -2.17. The van der Waals surface area contributed by atoms with Crippen LogP contribution in [-0.2, 0) is 7.05 Å². The summed E-state index contributed by atoms with van der Waals surface area (Å²) in [6.45, 7) is 1.80. The van der Waals surface area contributed by atoms with Gasteiger partial charge in [0.1, 0.15) is 11.8 Å². The number of hydrogen-bond donors (Lipinski definition) is 2. The van der Waals surface area contributed by atoms with Crippen LogP contribution < -0.4 is 4.74 Å². The molecule has 2 unspecified atom stereocenters. The van der Waals surface area contributed by atoms with Gasteiger partial charge in [-0.05, 0) is 6.42 Å². The van der Waals surface area contributed by atoms with Crippen LogP contribution in [0.5, 0.6) is 5.75 Å². The van der Waals surface area contributed by atoms with Crippen molar-refractivity contribution in [3.05, 3.63) is 11.9 Å². The fourth-order valence-electron chi connectivity index (χ4n) is 1.33. The first kappa shape index (κ1) is 11.0. The van der Waals surface area contributed by atoms with Gasteiger partial charge >= 0.3 is 0 Å². The van der Waals surface area contributed by atoms with Crippen LogP contribution in [0.3, 0.4) is 0 Å². The van der Waals surface area contributed by atoms with E-state index < -0.39 is 12.2 Å². The monoisotopic (exact) mass is 200 g/mol. The maximum absolute atomic E-state index is 9.78. The molecule has 0 aliphatic heterocycles. The minimum atomic E-state index is -0.956. The summed E-state index contributed by atoms with van der Waals surface area (Å²) in [7, 11) is 3.20. The van der Waals surface area contributed by atoms with Crippen molar-refractivity contribution < 1.29 is 14.9 Å². The molecular formula is C9H16N2O3. The van der Waals surface area contributed by atoms with Gasteiger partial charge in [-0.15, -0.1) is 0 Å². The highest BCUT2D eigenvalue weighted by atomic mass is 16.5. The highest BCUT2D eigenvalue weighted by molar-refractivity contribution is 5.27. The van der Waals surface area contributed by atoms with Crippen LogP contribution in [0.2, 0.25) is 0 Å². The van der Waals surface area contributed by atoms with E-state index in [0.717, 1.165) is 0 Å². The van der Waals surface area contributed by atoms with Crippen LogP contribution in [-0.4, -0.2) is 33.2 Å². The third-order valence-corrected chi connectivity index (χ3v) is 2.23. The third-order valence-electron chi connectivity index (χ3n) is 2.23. The molecule has 80 valence electrons. The number of ether oxygens (including phenoxy) is 1. The van der Waals surface area contributed by atoms with Gasteiger partial charge in [0.2, 0.25) is 0 Å². The Labute approximate surface area is 82.9 Å². The summed E-state index contributed by atoms with van der Waals surface area (Å²) in [6.07, 6.45) is 0.248. The molecule has 2 atom stereocenters. The molecule has 0 aliphatic carbocycles. The summed E-state index contributed by atoms with van der Waals surface area (Å²) >= 11 is 0. The summed E-state index contributed by atoms with van der Waals surface area (Å²) < 4.78 is 6.53. The van der Waals surface area contributed by atoms with Crippen molar-refractivity contribution in [1.82, 2.24) is 9.78 Å². The molecule has 0 saturated carbocycles. The van der Waals surface area contributed by atoms with Gasteiger partial charge in [-0.25, -0.2) is 0 Å². The topological polar surface area (TPSA) is 67.5 Å². The van der Waals surface area contributed by atoms with Crippen molar-refractivity contribution >= 4 is 0 Å². The van der Waals surface area contributed by atoms with Gasteiger partial charge in [-0.3, -0.25) is 4.68 Å². The normalized spacial score (nSPS) is 15.2. The molecule has 0 spiro atoms. The first-order valence-corrected chi connectivity index (χ1v) is 4.53. The fourth-order valence-corrected chi connectivity index (χ4v) is 1.33. The van der Waals surface area contributed by atoms with Gasteiger partial charge in [-0.2, -0.15) is 5.10 Å². The summed E-state index contributed by atoms with van der Waals surface area (Å²) in [5.74, 6) is 0.493. The Morgan fingerprint density at radius 2 is 2.21 bits per heavy atom. The zero-order chi connectivity index (χ0) is 10.7. The highest BCUT2D eigenvalue weighted by Crippen LogP contribution is 2.27. The lowest BCUT2D eigenvalue weighted by atomic mass is 10.1. The molecule has 1 aromatic rings. The SMILES string of the molecule is CCC(O)C(O)c1c(OC)cnn1C. The highest BCUT2D eigenvalue weighted by Gasteiger charge is 2.23. The van der Waals surface area contributed by atoms with Crippen molar-refractivity contribution in [2.45, 2.75) is 25.6 Å². The summed E-state index contributed by atoms with van der Waals surface area (Å²) in [4.78, 5) is 0. The van der Waals surface area contributed by atoms with Crippen LogP contribution >= 0.6 is 0 Å². The van der Waals surface area contributed by atoms with E-state index in [9.17, 15) is 10.2 Å². The zero-order valence-corrected chi connectivity index (χ0v) is 8.64. The maximum Gasteiger partial charge on any atom is 0.162 e. The standard InChI is InChI=1S/C9H16N2O3/c1-4-6(12)9(13)8-7(14-3)5-10-11(8)2/h5-6,9,12-13H,4H2,1-3H3. The van der Waals surface area contributed by atoms with Crippen LogP contribution in [0, 0.1) is 0 Å². The second kappa shape index (κ2) is 4.43. The minimum absolute atomic E-state index is 0.482. The molecule has 5 nitrogen and oxygen atoms in total. The average Bonchev–Trinajstić information content (AvgIpc) is 2.57. The van der Waals surface area contributed by atoms with Crippen molar-refractivity contribution in [1.29, 1.82) is 0 Å².